The van der Waals surface area contributed by atoms with Crippen LogP contribution >= 0.6 is 34.8 Å². The molecule has 0 unspecified atom stereocenters. The van der Waals surface area contributed by atoms with Crippen LogP contribution in [0, 0.1) is 0 Å². The second kappa shape index (κ2) is 6.19. The van der Waals surface area contributed by atoms with Crippen molar-refractivity contribution >= 4 is 46.5 Å². The van der Waals surface area contributed by atoms with Gasteiger partial charge in [0.15, 0.2) is 0 Å². The summed E-state index contributed by atoms with van der Waals surface area (Å²) in [6.45, 7) is 0.266. The Kier molecular flexibility index (Phi) is 4.58. The number of urea groups is 1. The van der Waals surface area contributed by atoms with Crippen LogP contribution in [0.3, 0.4) is 0 Å². The number of rotatable bonds is 3. The summed E-state index contributed by atoms with van der Waals surface area (Å²) in [6.07, 6.45) is 1.53. The molecule has 2 N–H and O–H groups in total. The predicted octanol–water partition coefficient (Wildman–Crippen LogP) is 4.56. The minimum Gasteiger partial charge on any atom is -0.467 e. The molecule has 0 aliphatic rings. The average Bonchev–Trinajstić information content (AvgIpc) is 2.84. The number of anilines is 1. The number of nitrogens with one attached hydrogen (secondary N) is 2. The fourth-order valence-corrected chi connectivity index (χ4v) is 2.31. The number of amides is 2. The quantitative estimate of drug-likeness (QED) is 0.871. The van der Waals surface area contributed by atoms with Crippen molar-refractivity contribution in [2.24, 2.45) is 0 Å². The average molecular weight is 320 g/mol. The van der Waals surface area contributed by atoms with Gasteiger partial charge in [-0.2, -0.15) is 0 Å². The van der Waals surface area contributed by atoms with Crippen LogP contribution < -0.4 is 10.6 Å². The van der Waals surface area contributed by atoms with Crippen LogP contribution in [0.25, 0.3) is 0 Å². The van der Waals surface area contributed by atoms with Gasteiger partial charge in [0.2, 0.25) is 0 Å². The first-order chi connectivity index (χ1) is 9.06. The Morgan fingerprint density at radius 1 is 1.21 bits per heavy atom. The highest BCUT2D eigenvalue weighted by Gasteiger charge is 2.11. The molecule has 2 rings (SSSR count). The SMILES string of the molecule is O=C(NCc1ccco1)Nc1c(Cl)cc(Cl)cc1Cl. The molecule has 0 aliphatic heterocycles. The Labute approximate surface area is 124 Å². The van der Waals surface area contributed by atoms with E-state index in [4.69, 9.17) is 39.2 Å². The van der Waals surface area contributed by atoms with Gasteiger partial charge in [-0.3, -0.25) is 0 Å². The normalized spacial score (nSPS) is 10.3. The monoisotopic (exact) mass is 318 g/mol. The molecule has 0 aliphatic carbocycles. The standard InChI is InChI=1S/C12H9Cl3N2O2/c13-7-4-9(14)11(10(15)5-7)17-12(18)16-6-8-2-1-3-19-8/h1-5H,6H2,(H2,16,17,18). The van der Waals surface area contributed by atoms with Crippen molar-refractivity contribution in [3.63, 3.8) is 0 Å². The van der Waals surface area contributed by atoms with Crippen molar-refractivity contribution in [3.8, 4) is 0 Å². The molecule has 0 saturated carbocycles. The smallest absolute Gasteiger partial charge is 0.319 e. The Hall–Kier alpha value is -1.36. The maximum absolute atomic E-state index is 11.7. The molecular weight excluding hydrogens is 311 g/mol. The second-order valence-electron chi connectivity index (χ2n) is 3.63. The Balaban J connectivity index is 1.99. The van der Waals surface area contributed by atoms with Crippen molar-refractivity contribution in [3.05, 3.63) is 51.4 Å². The van der Waals surface area contributed by atoms with Gasteiger partial charge in [-0.25, -0.2) is 4.79 Å². The fraction of sp³-hybridized carbons (Fsp3) is 0.0833. The molecule has 1 aromatic carbocycles. The highest BCUT2D eigenvalue weighted by molar-refractivity contribution is 6.42. The predicted molar refractivity (Wildman–Crippen MR) is 76.0 cm³/mol. The Morgan fingerprint density at radius 3 is 2.47 bits per heavy atom. The first-order valence-corrected chi connectivity index (χ1v) is 6.41. The van der Waals surface area contributed by atoms with Gasteiger partial charge in [0, 0.05) is 5.02 Å². The van der Waals surface area contributed by atoms with Gasteiger partial charge in [0.1, 0.15) is 5.76 Å². The number of carbonyl (C=O) groups is 1. The van der Waals surface area contributed by atoms with E-state index in [0.717, 1.165) is 0 Å². The van der Waals surface area contributed by atoms with Gasteiger partial charge in [-0.15, -0.1) is 0 Å². The maximum atomic E-state index is 11.7. The van der Waals surface area contributed by atoms with Crippen LogP contribution in [-0.4, -0.2) is 6.03 Å². The molecule has 0 spiro atoms. The van der Waals surface area contributed by atoms with Gasteiger partial charge >= 0.3 is 6.03 Å². The molecule has 4 nitrogen and oxygen atoms in total. The molecule has 2 aromatic rings. The van der Waals surface area contributed by atoms with E-state index in [1.54, 1.807) is 12.1 Å². The summed E-state index contributed by atoms with van der Waals surface area (Å²) >= 11 is 17.7. The van der Waals surface area contributed by atoms with Crippen molar-refractivity contribution in [1.82, 2.24) is 5.32 Å². The summed E-state index contributed by atoms with van der Waals surface area (Å²) in [4.78, 5) is 11.7. The van der Waals surface area contributed by atoms with E-state index < -0.39 is 6.03 Å². The van der Waals surface area contributed by atoms with Gasteiger partial charge in [0.25, 0.3) is 0 Å². The molecule has 0 radical (unpaired) electrons. The topological polar surface area (TPSA) is 54.3 Å². The number of hydrogen-bond donors (Lipinski definition) is 2. The van der Waals surface area contributed by atoms with E-state index in [1.807, 2.05) is 0 Å². The van der Waals surface area contributed by atoms with E-state index in [9.17, 15) is 4.79 Å². The first-order valence-electron chi connectivity index (χ1n) is 5.28. The minimum atomic E-state index is -0.442. The zero-order valence-corrected chi connectivity index (χ0v) is 11.8. The Bertz CT molecular complexity index is 562. The fourth-order valence-electron chi connectivity index (χ4n) is 1.40. The van der Waals surface area contributed by atoms with Gasteiger partial charge in [-0.1, -0.05) is 34.8 Å². The summed E-state index contributed by atoms with van der Waals surface area (Å²) < 4.78 is 5.09. The number of carbonyl (C=O) groups excluding carboxylic acids is 1. The highest BCUT2D eigenvalue weighted by Crippen LogP contribution is 2.33. The largest absolute Gasteiger partial charge is 0.467 e. The molecule has 19 heavy (non-hydrogen) atoms. The molecule has 7 heteroatoms. The minimum absolute atomic E-state index is 0.266. The van der Waals surface area contributed by atoms with Crippen LogP contribution in [-0.2, 0) is 6.54 Å². The van der Waals surface area contributed by atoms with E-state index >= 15 is 0 Å². The molecule has 100 valence electrons. The number of halogens is 3. The van der Waals surface area contributed by atoms with Gasteiger partial charge in [0.05, 0.1) is 28.5 Å². The lowest BCUT2D eigenvalue weighted by atomic mass is 10.3. The summed E-state index contributed by atoms with van der Waals surface area (Å²) in [5.74, 6) is 0.642. The summed E-state index contributed by atoms with van der Waals surface area (Å²) in [5.41, 5.74) is 0.310. The van der Waals surface area contributed by atoms with E-state index in [2.05, 4.69) is 10.6 Å². The zero-order valence-electron chi connectivity index (χ0n) is 9.54. The summed E-state index contributed by atoms with van der Waals surface area (Å²) in [5, 5.41) is 6.10. The van der Waals surface area contributed by atoms with Crippen LogP contribution in [0.1, 0.15) is 5.76 Å². The zero-order chi connectivity index (χ0) is 13.8. The van der Waals surface area contributed by atoms with Crippen molar-refractivity contribution in [1.29, 1.82) is 0 Å². The van der Waals surface area contributed by atoms with Gasteiger partial charge < -0.3 is 15.1 Å². The second-order valence-corrected chi connectivity index (χ2v) is 4.88. The van der Waals surface area contributed by atoms with E-state index in [1.165, 1.54) is 18.4 Å². The molecule has 0 fully saturated rings. The maximum Gasteiger partial charge on any atom is 0.319 e. The third kappa shape index (κ3) is 3.80. The lowest BCUT2D eigenvalue weighted by Gasteiger charge is -2.10. The number of furan rings is 1. The number of hydrogen-bond acceptors (Lipinski definition) is 2. The third-order valence-electron chi connectivity index (χ3n) is 2.25. The van der Waals surface area contributed by atoms with Gasteiger partial charge in [-0.05, 0) is 24.3 Å². The number of benzene rings is 1. The van der Waals surface area contributed by atoms with Crippen molar-refractivity contribution in [2.75, 3.05) is 5.32 Å². The molecule has 2 amide bonds. The molecule has 0 saturated heterocycles. The van der Waals surface area contributed by atoms with Crippen LogP contribution in [0.2, 0.25) is 15.1 Å². The molecule has 0 bridgehead atoms. The summed E-state index contributed by atoms with van der Waals surface area (Å²) in [7, 11) is 0. The van der Waals surface area contributed by atoms with Crippen molar-refractivity contribution < 1.29 is 9.21 Å². The van der Waals surface area contributed by atoms with Crippen molar-refractivity contribution in [2.45, 2.75) is 6.54 Å². The molecule has 1 heterocycles. The lowest BCUT2D eigenvalue weighted by molar-refractivity contribution is 0.251. The Morgan fingerprint density at radius 2 is 1.89 bits per heavy atom. The third-order valence-corrected chi connectivity index (χ3v) is 3.06. The van der Waals surface area contributed by atoms with E-state index in [0.29, 0.717) is 16.5 Å². The molecule has 0 atom stereocenters. The lowest BCUT2D eigenvalue weighted by Crippen LogP contribution is -2.28. The van der Waals surface area contributed by atoms with Crippen LogP contribution in [0.15, 0.2) is 34.9 Å². The van der Waals surface area contributed by atoms with E-state index in [-0.39, 0.29) is 16.6 Å². The van der Waals surface area contributed by atoms with Crippen LogP contribution in [0.5, 0.6) is 0 Å². The van der Waals surface area contributed by atoms with Crippen LogP contribution in [0.4, 0.5) is 10.5 Å². The first kappa shape index (κ1) is 14.1. The highest BCUT2D eigenvalue weighted by atomic mass is 35.5. The summed E-state index contributed by atoms with van der Waals surface area (Å²) in [6, 6.07) is 6.04. The molecular formula is C12H9Cl3N2O2. The molecule has 1 aromatic heterocycles.